The van der Waals surface area contributed by atoms with Crippen LogP contribution in [-0.4, -0.2) is 18.1 Å². The normalized spacial score (nSPS) is 18.8. The summed E-state index contributed by atoms with van der Waals surface area (Å²) in [5, 5.41) is 0. The van der Waals surface area contributed by atoms with Crippen LogP contribution in [0, 0.1) is 11.8 Å². The molecule has 1 aliphatic rings. The van der Waals surface area contributed by atoms with Crippen LogP contribution in [0.2, 0.25) is 0 Å². The second-order valence-electron chi connectivity index (χ2n) is 7.98. The molecule has 0 bridgehead atoms. The summed E-state index contributed by atoms with van der Waals surface area (Å²) in [5.41, 5.74) is 13.7. The van der Waals surface area contributed by atoms with Crippen molar-refractivity contribution in [3.8, 4) is 5.75 Å². The van der Waals surface area contributed by atoms with Crippen molar-refractivity contribution in [2.75, 3.05) is 11.5 Å². The predicted molar refractivity (Wildman–Crippen MR) is 118 cm³/mol. The van der Waals surface area contributed by atoms with Gasteiger partial charge < -0.3 is 20.9 Å². The standard InChI is InChI=1S/C24H25F3N2O4/c25-24(26,27)18-7-4-16(5-8-18)23(31)33-20-10-1-15(2-11-20)3-12-22(30)32-14-17-6-9-19(28)13-21(17)29/h1-3,6,9-13,16,18H,4-5,7-8,14,28-29H2/b12-3+. The van der Waals surface area contributed by atoms with Gasteiger partial charge in [0.2, 0.25) is 0 Å². The second kappa shape index (κ2) is 10.4. The summed E-state index contributed by atoms with van der Waals surface area (Å²) >= 11 is 0. The molecule has 2 aromatic rings. The molecule has 0 amide bonds. The van der Waals surface area contributed by atoms with Crippen LogP contribution in [0.15, 0.2) is 48.5 Å². The minimum absolute atomic E-state index is 0.00899. The Hall–Kier alpha value is -3.49. The first-order valence-electron chi connectivity index (χ1n) is 10.5. The van der Waals surface area contributed by atoms with E-state index < -0.39 is 30.0 Å². The van der Waals surface area contributed by atoms with E-state index in [0.29, 0.717) is 22.5 Å². The van der Waals surface area contributed by atoms with Gasteiger partial charge in [0.25, 0.3) is 0 Å². The third-order valence-corrected chi connectivity index (χ3v) is 5.57. The maximum Gasteiger partial charge on any atom is 0.391 e. The molecular weight excluding hydrogens is 437 g/mol. The van der Waals surface area contributed by atoms with Crippen molar-refractivity contribution in [2.24, 2.45) is 11.8 Å². The molecule has 1 fully saturated rings. The van der Waals surface area contributed by atoms with Gasteiger partial charge in [0.05, 0.1) is 11.8 Å². The Morgan fingerprint density at radius 1 is 1.00 bits per heavy atom. The monoisotopic (exact) mass is 462 g/mol. The Labute approximate surface area is 189 Å². The number of nitrogen functional groups attached to an aromatic ring is 2. The fourth-order valence-corrected chi connectivity index (χ4v) is 3.61. The van der Waals surface area contributed by atoms with E-state index in [1.165, 1.54) is 6.08 Å². The fraction of sp³-hybridized carbons (Fsp3) is 0.333. The number of carbonyl (C=O) groups excluding carboxylic acids is 2. The predicted octanol–water partition coefficient (Wildman–Crippen LogP) is 4.88. The average molecular weight is 462 g/mol. The lowest BCUT2D eigenvalue weighted by atomic mass is 9.82. The number of rotatable bonds is 6. The number of nitrogens with two attached hydrogens (primary N) is 2. The highest BCUT2D eigenvalue weighted by atomic mass is 19.4. The van der Waals surface area contributed by atoms with E-state index >= 15 is 0 Å². The molecule has 0 unspecified atom stereocenters. The highest BCUT2D eigenvalue weighted by Crippen LogP contribution is 2.39. The number of hydrogen-bond donors (Lipinski definition) is 2. The molecule has 0 aromatic heterocycles. The summed E-state index contributed by atoms with van der Waals surface area (Å²) < 4.78 is 48.7. The molecule has 1 saturated carbocycles. The molecule has 0 radical (unpaired) electrons. The number of ether oxygens (including phenoxy) is 2. The molecular formula is C24H25F3N2O4. The summed E-state index contributed by atoms with van der Waals surface area (Å²) in [6.45, 7) is 0.00899. The third kappa shape index (κ3) is 7.00. The fourth-order valence-electron chi connectivity index (χ4n) is 3.61. The molecule has 3 rings (SSSR count). The van der Waals surface area contributed by atoms with Gasteiger partial charge in [0.15, 0.2) is 0 Å². The van der Waals surface area contributed by atoms with Crippen LogP contribution in [0.5, 0.6) is 5.75 Å². The van der Waals surface area contributed by atoms with Crippen molar-refractivity contribution in [2.45, 2.75) is 38.5 Å². The number of benzene rings is 2. The van der Waals surface area contributed by atoms with E-state index in [1.807, 2.05) is 0 Å². The average Bonchev–Trinajstić information content (AvgIpc) is 2.77. The molecule has 9 heteroatoms. The maximum absolute atomic E-state index is 12.8. The Bertz CT molecular complexity index is 1010. The Morgan fingerprint density at radius 3 is 2.27 bits per heavy atom. The highest BCUT2D eigenvalue weighted by Gasteiger charge is 2.42. The smallest absolute Gasteiger partial charge is 0.391 e. The van der Waals surface area contributed by atoms with E-state index in [1.54, 1.807) is 48.5 Å². The summed E-state index contributed by atoms with van der Waals surface area (Å²) in [4.78, 5) is 24.2. The van der Waals surface area contributed by atoms with Crippen LogP contribution in [-0.2, 0) is 20.9 Å². The lowest BCUT2D eigenvalue weighted by molar-refractivity contribution is -0.185. The van der Waals surface area contributed by atoms with Crippen molar-refractivity contribution >= 4 is 29.4 Å². The molecule has 0 aliphatic heterocycles. The summed E-state index contributed by atoms with van der Waals surface area (Å²) in [6.07, 6.45) is -1.22. The van der Waals surface area contributed by atoms with Crippen molar-refractivity contribution < 1.29 is 32.2 Å². The van der Waals surface area contributed by atoms with Gasteiger partial charge in [-0.05, 0) is 61.6 Å². The number of halogens is 3. The largest absolute Gasteiger partial charge is 0.458 e. The minimum Gasteiger partial charge on any atom is -0.458 e. The number of alkyl halides is 3. The molecule has 33 heavy (non-hydrogen) atoms. The molecule has 0 spiro atoms. The summed E-state index contributed by atoms with van der Waals surface area (Å²) in [6, 6.07) is 11.3. The molecule has 1 aliphatic carbocycles. The van der Waals surface area contributed by atoms with Gasteiger partial charge in [-0.2, -0.15) is 13.2 Å². The quantitative estimate of drug-likeness (QED) is 0.274. The first kappa shape index (κ1) is 24.2. The molecule has 2 aromatic carbocycles. The van der Waals surface area contributed by atoms with Crippen LogP contribution in [0.1, 0.15) is 36.8 Å². The van der Waals surface area contributed by atoms with E-state index in [4.69, 9.17) is 20.9 Å². The lowest BCUT2D eigenvalue weighted by Gasteiger charge is -2.28. The van der Waals surface area contributed by atoms with Gasteiger partial charge in [0.1, 0.15) is 12.4 Å². The molecule has 0 heterocycles. The van der Waals surface area contributed by atoms with Crippen LogP contribution in [0.25, 0.3) is 6.08 Å². The number of anilines is 2. The molecule has 6 nitrogen and oxygen atoms in total. The van der Waals surface area contributed by atoms with Gasteiger partial charge in [-0.25, -0.2) is 4.79 Å². The van der Waals surface area contributed by atoms with Gasteiger partial charge in [-0.3, -0.25) is 4.79 Å². The first-order valence-corrected chi connectivity index (χ1v) is 10.5. The zero-order chi connectivity index (χ0) is 24.0. The van der Waals surface area contributed by atoms with Crippen LogP contribution in [0.4, 0.5) is 24.5 Å². The number of esters is 2. The zero-order valence-corrected chi connectivity index (χ0v) is 17.8. The van der Waals surface area contributed by atoms with E-state index in [2.05, 4.69) is 0 Å². The Kier molecular flexibility index (Phi) is 7.63. The van der Waals surface area contributed by atoms with Gasteiger partial charge >= 0.3 is 18.1 Å². The SMILES string of the molecule is Nc1ccc(COC(=O)/C=C/c2ccc(OC(=O)C3CCC(C(F)(F)F)CC3)cc2)c(N)c1. The van der Waals surface area contributed by atoms with Gasteiger partial charge in [-0.15, -0.1) is 0 Å². The van der Waals surface area contributed by atoms with E-state index in [0.717, 1.165) is 0 Å². The topological polar surface area (TPSA) is 105 Å². The maximum atomic E-state index is 12.8. The first-order chi connectivity index (χ1) is 15.6. The number of hydrogen-bond acceptors (Lipinski definition) is 6. The number of carbonyl (C=O) groups is 2. The molecule has 0 atom stereocenters. The molecule has 0 saturated heterocycles. The zero-order valence-electron chi connectivity index (χ0n) is 17.8. The van der Waals surface area contributed by atoms with Crippen molar-refractivity contribution in [3.63, 3.8) is 0 Å². The third-order valence-electron chi connectivity index (χ3n) is 5.57. The second-order valence-corrected chi connectivity index (χ2v) is 7.98. The van der Waals surface area contributed by atoms with Crippen LogP contribution < -0.4 is 16.2 Å². The summed E-state index contributed by atoms with van der Waals surface area (Å²) in [5.74, 6) is -2.67. The molecule has 176 valence electrons. The van der Waals surface area contributed by atoms with Gasteiger partial charge in [-0.1, -0.05) is 18.2 Å². The van der Waals surface area contributed by atoms with Crippen LogP contribution >= 0.6 is 0 Å². The Balaban J connectivity index is 1.46. The van der Waals surface area contributed by atoms with Crippen LogP contribution in [0.3, 0.4) is 0 Å². The van der Waals surface area contributed by atoms with Crippen molar-refractivity contribution in [1.82, 2.24) is 0 Å². The summed E-state index contributed by atoms with van der Waals surface area (Å²) in [7, 11) is 0. The van der Waals surface area contributed by atoms with E-state index in [-0.39, 0.29) is 38.0 Å². The van der Waals surface area contributed by atoms with Gasteiger partial charge in [0, 0.05) is 23.0 Å². The molecule has 4 N–H and O–H groups in total. The minimum atomic E-state index is -4.21. The highest BCUT2D eigenvalue weighted by molar-refractivity contribution is 5.87. The Morgan fingerprint density at radius 2 is 1.67 bits per heavy atom. The van der Waals surface area contributed by atoms with E-state index in [9.17, 15) is 22.8 Å². The lowest BCUT2D eigenvalue weighted by Crippen LogP contribution is -2.31. The van der Waals surface area contributed by atoms with Crippen molar-refractivity contribution in [3.05, 3.63) is 59.7 Å². The van der Waals surface area contributed by atoms with Crippen molar-refractivity contribution in [1.29, 1.82) is 0 Å².